The maximum Gasteiger partial charge on any atom is 0.247 e. The third-order valence-corrected chi connectivity index (χ3v) is 5.38. The van der Waals surface area contributed by atoms with Gasteiger partial charge in [-0.15, -0.1) is 0 Å². The molecule has 1 heterocycles. The minimum absolute atomic E-state index is 0.0272. The number of benzene rings is 2. The van der Waals surface area contributed by atoms with Crippen molar-refractivity contribution in [3.8, 4) is 5.75 Å². The molecule has 29 heavy (non-hydrogen) atoms. The summed E-state index contributed by atoms with van der Waals surface area (Å²) in [6, 6.07) is 17.7. The van der Waals surface area contributed by atoms with Crippen molar-refractivity contribution in [2.45, 2.75) is 57.8 Å². The van der Waals surface area contributed by atoms with E-state index in [4.69, 9.17) is 4.74 Å². The lowest BCUT2D eigenvalue weighted by Crippen LogP contribution is -2.57. The van der Waals surface area contributed by atoms with Crippen LogP contribution in [0, 0.1) is 0 Å². The Morgan fingerprint density at radius 2 is 1.90 bits per heavy atom. The zero-order valence-corrected chi connectivity index (χ0v) is 17.8. The molecule has 2 atom stereocenters. The van der Waals surface area contributed by atoms with Crippen molar-refractivity contribution in [2.24, 2.45) is 0 Å². The molecule has 1 amide bonds. The van der Waals surface area contributed by atoms with Crippen LogP contribution in [0.4, 0.5) is 5.69 Å². The van der Waals surface area contributed by atoms with Crippen LogP contribution in [0.15, 0.2) is 54.6 Å². The number of anilines is 1. The third-order valence-electron chi connectivity index (χ3n) is 5.38. The van der Waals surface area contributed by atoms with Gasteiger partial charge in [-0.05, 0) is 49.6 Å². The number of aliphatic hydroxyl groups excluding tert-OH is 1. The predicted molar refractivity (Wildman–Crippen MR) is 116 cm³/mol. The van der Waals surface area contributed by atoms with E-state index in [0.717, 1.165) is 11.4 Å². The summed E-state index contributed by atoms with van der Waals surface area (Å²) in [7, 11) is 0. The molecular weight excluding hydrogens is 364 g/mol. The lowest BCUT2D eigenvalue weighted by atomic mass is 9.98. The number of carbonyl (C=O) groups is 1. The van der Waals surface area contributed by atoms with Crippen molar-refractivity contribution >= 4 is 11.6 Å². The number of aliphatic hydroxyl groups is 1. The second kappa shape index (κ2) is 8.87. The summed E-state index contributed by atoms with van der Waals surface area (Å²) in [6.07, 6.45) is -0.435. The lowest BCUT2D eigenvalue weighted by Gasteiger charge is -2.40. The highest BCUT2D eigenvalue weighted by Crippen LogP contribution is 2.25. The fraction of sp³-hybridized carbons (Fsp3) is 0.458. The Bertz CT molecular complexity index is 820. The number of nitrogens with zero attached hydrogens (tertiary/aromatic N) is 1. The highest BCUT2D eigenvalue weighted by Gasteiger charge is 2.37. The Kier molecular flexibility index (Phi) is 6.48. The van der Waals surface area contributed by atoms with Crippen molar-refractivity contribution in [3.63, 3.8) is 0 Å². The first kappa shape index (κ1) is 21.2. The number of carbonyl (C=O) groups excluding carboxylic acids is 1. The zero-order valence-electron chi connectivity index (χ0n) is 17.8. The smallest absolute Gasteiger partial charge is 0.247 e. The van der Waals surface area contributed by atoms with Crippen molar-refractivity contribution in [1.29, 1.82) is 0 Å². The van der Waals surface area contributed by atoms with Crippen molar-refractivity contribution in [1.82, 2.24) is 4.90 Å². The Morgan fingerprint density at radius 3 is 2.55 bits per heavy atom. The van der Waals surface area contributed by atoms with Gasteiger partial charge in [-0.3, -0.25) is 4.79 Å². The summed E-state index contributed by atoms with van der Waals surface area (Å²) in [4.78, 5) is 14.8. The SMILES string of the molecule is CC(C)c1cccc(O[C@@H]2CCN(C(=O)C(C)(C)Nc3ccccc3)C[C@H]2O)c1. The molecule has 1 aliphatic heterocycles. The van der Waals surface area contributed by atoms with Crippen LogP contribution in [0.1, 0.15) is 45.6 Å². The lowest BCUT2D eigenvalue weighted by molar-refractivity contribution is -0.140. The van der Waals surface area contributed by atoms with Crippen molar-refractivity contribution in [2.75, 3.05) is 18.4 Å². The van der Waals surface area contributed by atoms with E-state index in [1.165, 1.54) is 5.56 Å². The topological polar surface area (TPSA) is 61.8 Å². The fourth-order valence-electron chi connectivity index (χ4n) is 3.68. The number of rotatable bonds is 6. The molecule has 2 aromatic rings. The molecule has 0 unspecified atom stereocenters. The quantitative estimate of drug-likeness (QED) is 0.774. The second-order valence-corrected chi connectivity index (χ2v) is 8.61. The van der Waals surface area contributed by atoms with E-state index in [1.54, 1.807) is 4.90 Å². The molecule has 0 radical (unpaired) electrons. The van der Waals surface area contributed by atoms with Crippen LogP contribution >= 0.6 is 0 Å². The number of β-amino-alcohol motifs (C(OH)–C–C–N with tert-alkyl or cyclic N) is 1. The normalized spacial score (nSPS) is 19.9. The van der Waals surface area contributed by atoms with Gasteiger partial charge in [-0.1, -0.05) is 44.2 Å². The largest absolute Gasteiger partial charge is 0.488 e. The first-order valence-corrected chi connectivity index (χ1v) is 10.3. The first-order chi connectivity index (χ1) is 13.8. The number of para-hydroxylation sites is 1. The average Bonchev–Trinajstić information content (AvgIpc) is 2.69. The van der Waals surface area contributed by atoms with Gasteiger partial charge >= 0.3 is 0 Å². The number of amides is 1. The van der Waals surface area contributed by atoms with Gasteiger partial charge < -0.3 is 20.1 Å². The highest BCUT2D eigenvalue weighted by molar-refractivity contribution is 5.88. The molecule has 1 saturated heterocycles. The van der Waals surface area contributed by atoms with E-state index in [0.29, 0.717) is 18.9 Å². The van der Waals surface area contributed by atoms with Crippen LogP contribution in [0.2, 0.25) is 0 Å². The Morgan fingerprint density at radius 1 is 1.17 bits per heavy atom. The molecule has 0 bridgehead atoms. The van der Waals surface area contributed by atoms with Crippen LogP contribution < -0.4 is 10.1 Å². The Balaban J connectivity index is 1.60. The van der Waals surface area contributed by atoms with E-state index in [-0.39, 0.29) is 18.6 Å². The molecule has 5 nitrogen and oxygen atoms in total. The van der Waals surface area contributed by atoms with Crippen LogP contribution in [-0.2, 0) is 4.79 Å². The molecule has 0 spiro atoms. The Labute approximate surface area is 173 Å². The number of piperidine rings is 1. The van der Waals surface area contributed by atoms with Gasteiger partial charge in [0, 0.05) is 18.7 Å². The highest BCUT2D eigenvalue weighted by atomic mass is 16.5. The van der Waals surface area contributed by atoms with E-state index < -0.39 is 11.6 Å². The van der Waals surface area contributed by atoms with Crippen LogP contribution in [0.25, 0.3) is 0 Å². The van der Waals surface area contributed by atoms with Crippen LogP contribution in [0.3, 0.4) is 0 Å². The van der Waals surface area contributed by atoms with E-state index in [9.17, 15) is 9.90 Å². The summed E-state index contributed by atoms with van der Waals surface area (Å²) in [6.45, 7) is 8.85. The molecule has 156 valence electrons. The van der Waals surface area contributed by atoms with E-state index in [1.807, 2.05) is 62.4 Å². The van der Waals surface area contributed by atoms with Gasteiger partial charge in [0.2, 0.25) is 5.91 Å². The van der Waals surface area contributed by atoms with Gasteiger partial charge in [0.05, 0.1) is 6.54 Å². The molecule has 3 rings (SSSR count). The minimum atomic E-state index is -0.764. The molecule has 0 saturated carbocycles. The van der Waals surface area contributed by atoms with Gasteiger partial charge in [0.1, 0.15) is 23.5 Å². The molecule has 5 heteroatoms. The van der Waals surface area contributed by atoms with Crippen LogP contribution in [-0.4, -0.2) is 46.7 Å². The summed E-state index contributed by atoms with van der Waals surface area (Å²) in [5.74, 6) is 1.16. The molecule has 0 aromatic heterocycles. The summed E-state index contributed by atoms with van der Waals surface area (Å²) in [5.41, 5.74) is 1.34. The molecule has 1 aliphatic rings. The maximum absolute atomic E-state index is 13.1. The maximum atomic E-state index is 13.1. The minimum Gasteiger partial charge on any atom is -0.488 e. The standard InChI is InChI=1S/C24H32N2O3/c1-17(2)18-9-8-12-20(15-18)29-22-13-14-26(16-21(22)27)23(28)24(3,4)25-19-10-6-5-7-11-19/h5-12,15,17,21-22,25,27H,13-14,16H2,1-4H3/t21-,22-/m1/s1. The van der Waals surface area contributed by atoms with Gasteiger partial charge in [0.25, 0.3) is 0 Å². The third kappa shape index (κ3) is 5.30. The second-order valence-electron chi connectivity index (χ2n) is 8.61. The Hall–Kier alpha value is -2.53. The number of nitrogens with one attached hydrogen (secondary N) is 1. The molecular formula is C24H32N2O3. The van der Waals surface area contributed by atoms with E-state index >= 15 is 0 Å². The molecule has 2 N–H and O–H groups in total. The summed E-state index contributed by atoms with van der Waals surface area (Å²) in [5, 5.41) is 13.9. The average molecular weight is 397 g/mol. The van der Waals surface area contributed by atoms with Gasteiger partial charge in [-0.2, -0.15) is 0 Å². The van der Waals surface area contributed by atoms with Crippen LogP contribution in [0.5, 0.6) is 5.75 Å². The fourth-order valence-corrected chi connectivity index (χ4v) is 3.68. The summed E-state index contributed by atoms with van der Waals surface area (Å²) < 4.78 is 6.06. The number of hydrogen-bond acceptors (Lipinski definition) is 4. The molecule has 1 fully saturated rings. The zero-order chi connectivity index (χ0) is 21.0. The van der Waals surface area contributed by atoms with Gasteiger partial charge in [0.15, 0.2) is 0 Å². The summed E-state index contributed by atoms with van der Waals surface area (Å²) >= 11 is 0. The monoisotopic (exact) mass is 396 g/mol. The predicted octanol–water partition coefficient (Wildman–Crippen LogP) is 4.04. The molecule has 0 aliphatic carbocycles. The first-order valence-electron chi connectivity index (χ1n) is 10.3. The number of hydrogen-bond donors (Lipinski definition) is 2. The molecule has 2 aromatic carbocycles. The van der Waals surface area contributed by atoms with E-state index in [2.05, 4.69) is 25.2 Å². The van der Waals surface area contributed by atoms with Gasteiger partial charge in [-0.25, -0.2) is 0 Å². The number of likely N-dealkylation sites (tertiary alicyclic amines) is 1. The van der Waals surface area contributed by atoms with Crippen molar-refractivity contribution < 1.29 is 14.6 Å². The van der Waals surface area contributed by atoms with Crippen molar-refractivity contribution in [3.05, 3.63) is 60.2 Å². The number of ether oxygens (including phenoxy) is 1.